The number of ether oxygens (including phenoxy) is 3. The van der Waals surface area contributed by atoms with Gasteiger partial charge in [0.25, 0.3) is 11.8 Å². The van der Waals surface area contributed by atoms with Crippen molar-refractivity contribution >= 4 is 177 Å². The number of rotatable bonds is 13. The second-order valence-electron chi connectivity index (χ2n) is 9.65. The number of anilines is 2. The fourth-order valence-corrected chi connectivity index (χ4v) is 11.5. The van der Waals surface area contributed by atoms with E-state index in [4.69, 9.17) is 30.8 Å². The third kappa shape index (κ3) is 14.2. The standard InChI is InChI=1S/C17H19I3N2O7.C11H13I3N2O4/c1-7(23)27-5-10(29-9(3)25)4-22-17(26)12-13(18)11(6-28-8(2)24)14(19)16(21)15(12)20;12-7-5(3-18)8(13)10(15)9(14)6(7)11(20)16-1-4(19)2-17/h10H,4-6,21H2,1-3H3,(H,22,26);4,17-19H,1-3,15H2,(H,16,20). The maximum Gasteiger partial charge on any atom is 0.303 e. The van der Waals surface area contributed by atoms with Crippen LogP contribution in [0, 0.1) is 21.4 Å². The Labute approximate surface area is 363 Å². The Morgan fingerprint density at radius 3 is 1.55 bits per heavy atom. The zero-order chi connectivity index (χ0) is 37.7. The van der Waals surface area contributed by atoms with Crippen molar-refractivity contribution in [3.63, 3.8) is 0 Å². The van der Waals surface area contributed by atoms with Crippen molar-refractivity contribution in [2.75, 3.05) is 37.8 Å². The van der Waals surface area contributed by atoms with Crippen molar-refractivity contribution in [1.82, 2.24) is 10.6 Å². The van der Waals surface area contributed by atoms with Gasteiger partial charge in [-0.2, -0.15) is 0 Å². The Morgan fingerprint density at radius 1 is 0.673 bits per heavy atom. The highest BCUT2D eigenvalue weighted by Gasteiger charge is 2.26. The van der Waals surface area contributed by atoms with Crippen LogP contribution in [0.15, 0.2) is 0 Å². The molecule has 0 bridgehead atoms. The average molecular weight is 1360 g/mol. The van der Waals surface area contributed by atoms with Crippen LogP contribution in [0.2, 0.25) is 0 Å². The number of aliphatic hydroxyl groups excluding tert-OH is 3. The molecule has 0 saturated heterocycles. The van der Waals surface area contributed by atoms with Gasteiger partial charge in [0.2, 0.25) is 0 Å². The first-order valence-corrected chi connectivity index (χ1v) is 20.1. The zero-order valence-electron chi connectivity index (χ0n) is 25.9. The summed E-state index contributed by atoms with van der Waals surface area (Å²) in [5.41, 5.74) is 14.9. The molecule has 0 heterocycles. The van der Waals surface area contributed by atoms with Gasteiger partial charge in [-0.05, 0) is 136 Å². The summed E-state index contributed by atoms with van der Waals surface area (Å²) in [4.78, 5) is 58.4. The molecule has 0 spiro atoms. The SMILES string of the molecule is CC(=O)OCc1c(I)c(N)c(I)c(C(=O)NCC(COC(C)=O)OC(C)=O)c1I.Nc1c(I)c(CO)c(I)c(C(=O)NCC(O)CO)c1I. The summed E-state index contributed by atoms with van der Waals surface area (Å²) in [6.07, 6.45) is -1.84. The number of nitrogens with two attached hydrogens (primary N) is 2. The van der Waals surface area contributed by atoms with E-state index >= 15 is 0 Å². The number of hydrogen-bond donors (Lipinski definition) is 7. The van der Waals surface area contributed by atoms with Crippen LogP contribution >= 0.6 is 136 Å². The summed E-state index contributed by atoms with van der Waals surface area (Å²) in [6, 6.07) is 0. The third-order valence-corrected chi connectivity index (χ3v) is 13.0. The number of esters is 3. The topological polar surface area (TPSA) is 250 Å². The molecule has 272 valence electrons. The minimum atomic E-state index is -1.01. The molecule has 2 unspecified atom stereocenters. The molecule has 2 atom stereocenters. The quantitative estimate of drug-likeness (QED) is 0.0661. The van der Waals surface area contributed by atoms with Gasteiger partial charge >= 0.3 is 17.9 Å². The van der Waals surface area contributed by atoms with Gasteiger partial charge in [0.15, 0.2) is 6.10 Å². The van der Waals surface area contributed by atoms with E-state index in [0.29, 0.717) is 51.5 Å². The first-order chi connectivity index (χ1) is 22.8. The summed E-state index contributed by atoms with van der Waals surface area (Å²) in [5, 5.41) is 32.6. The highest BCUT2D eigenvalue weighted by Crippen LogP contribution is 2.35. The Bertz CT molecular complexity index is 1580. The second-order valence-corrected chi connectivity index (χ2v) is 16.1. The summed E-state index contributed by atoms with van der Waals surface area (Å²) in [7, 11) is 0. The molecule has 2 rings (SSSR count). The molecule has 2 aromatic carbocycles. The predicted octanol–water partition coefficient (Wildman–Crippen LogP) is 3.03. The molecule has 2 aromatic rings. The molecule has 0 fully saturated rings. The van der Waals surface area contributed by atoms with Crippen LogP contribution in [-0.2, 0) is 41.8 Å². The summed E-state index contributed by atoms with van der Waals surface area (Å²) in [5.74, 6) is -2.40. The van der Waals surface area contributed by atoms with Gasteiger partial charge in [0.1, 0.15) is 13.2 Å². The molecular weight excluding hydrogens is 1330 g/mol. The molecule has 0 radical (unpaired) electrons. The molecule has 0 aromatic heterocycles. The Hall–Kier alpha value is -0.350. The minimum absolute atomic E-state index is 0.0181. The lowest BCUT2D eigenvalue weighted by atomic mass is 10.1. The highest BCUT2D eigenvalue weighted by atomic mass is 127. The molecule has 0 aliphatic rings. The molecular formula is C28H32I6N4O11. The van der Waals surface area contributed by atoms with E-state index in [1.54, 1.807) is 0 Å². The van der Waals surface area contributed by atoms with Gasteiger partial charge in [-0.3, -0.25) is 24.0 Å². The van der Waals surface area contributed by atoms with Crippen molar-refractivity contribution in [2.24, 2.45) is 0 Å². The van der Waals surface area contributed by atoms with Crippen LogP contribution in [0.25, 0.3) is 0 Å². The molecule has 15 nitrogen and oxygen atoms in total. The molecule has 0 saturated carbocycles. The minimum Gasteiger partial charge on any atom is -0.462 e. The molecule has 0 aliphatic heterocycles. The number of halogens is 6. The molecule has 9 N–H and O–H groups in total. The van der Waals surface area contributed by atoms with E-state index in [2.05, 4.69) is 10.6 Å². The van der Waals surface area contributed by atoms with Crippen LogP contribution in [0.3, 0.4) is 0 Å². The maximum absolute atomic E-state index is 12.8. The number of benzene rings is 2. The number of aliphatic hydroxyl groups is 3. The van der Waals surface area contributed by atoms with Crippen LogP contribution < -0.4 is 22.1 Å². The second kappa shape index (κ2) is 22.7. The smallest absolute Gasteiger partial charge is 0.303 e. The molecule has 0 aliphatic carbocycles. The van der Waals surface area contributed by atoms with Crippen LogP contribution in [-0.4, -0.2) is 83.6 Å². The normalized spacial score (nSPS) is 11.8. The Morgan fingerprint density at radius 2 is 1.12 bits per heavy atom. The Kier molecular flexibility index (Phi) is 21.6. The zero-order valence-corrected chi connectivity index (χ0v) is 38.9. The van der Waals surface area contributed by atoms with Crippen molar-refractivity contribution in [3.8, 4) is 0 Å². The van der Waals surface area contributed by atoms with Gasteiger partial charge in [-0.15, -0.1) is 0 Å². The number of hydrogen-bond acceptors (Lipinski definition) is 13. The van der Waals surface area contributed by atoms with Gasteiger partial charge in [-0.25, -0.2) is 0 Å². The number of carbonyl (C=O) groups is 5. The van der Waals surface area contributed by atoms with Gasteiger partial charge in [0, 0.05) is 52.7 Å². The lowest BCUT2D eigenvalue weighted by Gasteiger charge is -2.20. The van der Waals surface area contributed by atoms with E-state index in [-0.39, 0.29) is 32.9 Å². The van der Waals surface area contributed by atoms with E-state index in [1.165, 1.54) is 20.8 Å². The first-order valence-electron chi connectivity index (χ1n) is 13.6. The number of nitrogen functional groups attached to an aromatic ring is 2. The third-order valence-electron chi connectivity index (χ3n) is 5.92. The van der Waals surface area contributed by atoms with Crippen LogP contribution in [0.5, 0.6) is 0 Å². The van der Waals surface area contributed by atoms with Crippen molar-refractivity contribution in [3.05, 3.63) is 43.7 Å². The lowest BCUT2D eigenvalue weighted by molar-refractivity contribution is -0.155. The van der Waals surface area contributed by atoms with Gasteiger partial charge in [-0.1, -0.05) is 0 Å². The van der Waals surface area contributed by atoms with E-state index in [0.717, 1.165) is 3.57 Å². The number of amides is 2. The number of carbonyl (C=O) groups excluding carboxylic acids is 5. The molecule has 49 heavy (non-hydrogen) atoms. The average Bonchev–Trinajstić information content (AvgIpc) is 3.03. The monoisotopic (exact) mass is 1360 g/mol. The summed E-state index contributed by atoms with van der Waals surface area (Å²) in [6.45, 7) is 2.78. The van der Waals surface area contributed by atoms with Crippen molar-refractivity contribution in [2.45, 2.75) is 46.2 Å². The van der Waals surface area contributed by atoms with Gasteiger partial charge < -0.3 is 51.6 Å². The fraction of sp³-hybridized carbons (Fsp3) is 0.393. The maximum atomic E-state index is 12.8. The molecule has 21 heteroatoms. The summed E-state index contributed by atoms with van der Waals surface area (Å²) < 4.78 is 18.8. The summed E-state index contributed by atoms with van der Waals surface area (Å²) >= 11 is 12.0. The lowest BCUT2D eigenvalue weighted by Crippen LogP contribution is -2.38. The van der Waals surface area contributed by atoms with E-state index < -0.39 is 48.5 Å². The van der Waals surface area contributed by atoms with Crippen LogP contribution in [0.1, 0.15) is 52.6 Å². The van der Waals surface area contributed by atoms with E-state index in [9.17, 15) is 34.2 Å². The fourth-order valence-electron chi connectivity index (χ4n) is 3.55. The van der Waals surface area contributed by atoms with Crippen molar-refractivity contribution < 1.29 is 53.5 Å². The molecule has 2 amide bonds. The van der Waals surface area contributed by atoms with Crippen LogP contribution in [0.4, 0.5) is 11.4 Å². The Balaban J connectivity index is 0.000000524. The van der Waals surface area contributed by atoms with Gasteiger partial charge in [0.05, 0.1) is 55.5 Å². The first kappa shape index (κ1) is 46.7. The predicted molar refractivity (Wildman–Crippen MR) is 229 cm³/mol. The largest absolute Gasteiger partial charge is 0.462 e. The van der Waals surface area contributed by atoms with Crippen molar-refractivity contribution in [1.29, 1.82) is 0 Å². The highest BCUT2D eigenvalue weighted by molar-refractivity contribution is 14.1. The number of nitrogens with one attached hydrogen (secondary N) is 2. The van der Waals surface area contributed by atoms with E-state index in [1.807, 2.05) is 136 Å².